The number of anilines is 1. The van der Waals surface area contributed by atoms with Gasteiger partial charge in [-0.15, -0.1) is 10.2 Å². The van der Waals surface area contributed by atoms with E-state index < -0.39 is 12.1 Å². The molecule has 6 nitrogen and oxygen atoms in total. The van der Waals surface area contributed by atoms with Gasteiger partial charge in [0.05, 0.1) is 5.56 Å². The number of ether oxygens (including phenoxy) is 1. The van der Waals surface area contributed by atoms with Gasteiger partial charge >= 0.3 is 5.97 Å². The average molecular weight is 331 g/mol. The fourth-order valence-corrected chi connectivity index (χ4v) is 3.18. The van der Waals surface area contributed by atoms with Crippen molar-refractivity contribution >= 4 is 28.3 Å². The van der Waals surface area contributed by atoms with Gasteiger partial charge in [-0.05, 0) is 18.1 Å². The Morgan fingerprint density at radius 1 is 1.39 bits per heavy atom. The Morgan fingerprint density at radius 3 is 3.04 bits per heavy atom. The minimum absolute atomic E-state index is 0.369. The molecule has 0 saturated heterocycles. The van der Waals surface area contributed by atoms with Crippen LogP contribution in [0, 0.1) is 0 Å². The van der Waals surface area contributed by atoms with Gasteiger partial charge in [-0.2, -0.15) is 0 Å². The summed E-state index contributed by atoms with van der Waals surface area (Å²) in [5.41, 5.74) is 1.35. The molecule has 2 heterocycles. The quantitative estimate of drug-likeness (QED) is 0.852. The molecule has 0 bridgehead atoms. The summed E-state index contributed by atoms with van der Waals surface area (Å²) in [4.78, 5) is 24.2. The summed E-state index contributed by atoms with van der Waals surface area (Å²) in [5.74, 6) is -0.834. The molecule has 0 spiro atoms. The van der Waals surface area contributed by atoms with E-state index in [1.807, 2.05) is 12.1 Å². The van der Waals surface area contributed by atoms with Crippen molar-refractivity contribution in [3.63, 3.8) is 0 Å². The third kappa shape index (κ3) is 3.56. The highest BCUT2D eigenvalue weighted by Gasteiger charge is 2.31. The summed E-state index contributed by atoms with van der Waals surface area (Å²) in [6, 6.07) is 7.16. The van der Waals surface area contributed by atoms with Crippen LogP contribution in [0.1, 0.15) is 40.7 Å². The second kappa shape index (κ2) is 6.87. The van der Waals surface area contributed by atoms with Crippen molar-refractivity contribution < 1.29 is 14.3 Å². The zero-order valence-corrected chi connectivity index (χ0v) is 13.6. The van der Waals surface area contributed by atoms with E-state index in [0.29, 0.717) is 17.1 Å². The SMILES string of the molecule is CCCCc1nnc(NC(=O)[C@@H]2Cc3ccccc3C(=O)O2)s1. The maximum Gasteiger partial charge on any atom is 0.339 e. The number of benzene rings is 1. The highest BCUT2D eigenvalue weighted by atomic mass is 32.1. The first-order chi connectivity index (χ1) is 11.2. The summed E-state index contributed by atoms with van der Waals surface area (Å²) >= 11 is 1.36. The number of nitrogens with one attached hydrogen (secondary N) is 1. The first-order valence-electron chi connectivity index (χ1n) is 7.59. The van der Waals surface area contributed by atoms with Crippen LogP contribution in [0.5, 0.6) is 0 Å². The number of nitrogens with zero attached hydrogens (tertiary/aromatic N) is 2. The van der Waals surface area contributed by atoms with Gasteiger partial charge in [0, 0.05) is 12.8 Å². The van der Waals surface area contributed by atoms with Gasteiger partial charge in [0.25, 0.3) is 5.91 Å². The van der Waals surface area contributed by atoms with Crippen LogP contribution >= 0.6 is 11.3 Å². The van der Waals surface area contributed by atoms with Gasteiger partial charge in [0.1, 0.15) is 5.01 Å². The highest BCUT2D eigenvalue weighted by Crippen LogP contribution is 2.22. The summed E-state index contributed by atoms with van der Waals surface area (Å²) in [5, 5.41) is 12.0. The molecule has 3 rings (SSSR count). The van der Waals surface area contributed by atoms with Crippen LogP contribution in [0.25, 0.3) is 0 Å². The van der Waals surface area contributed by atoms with Crippen molar-refractivity contribution in [1.82, 2.24) is 10.2 Å². The molecule has 1 N–H and O–H groups in total. The van der Waals surface area contributed by atoms with Gasteiger partial charge < -0.3 is 4.74 Å². The Morgan fingerprint density at radius 2 is 2.22 bits per heavy atom. The minimum Gasteiger partial charge on any atom is -0.448 e. The lowest BCUT2D eigenvalue weighted by molar-refractivity contribution is -0.125. The zero-order chi connectivity index (χ0) is 16.2. The monoisotopic (exact) mass is 331 g/mol. The van der Waals surface area contributed by atoms with Crippen molar-refractivity contribution in [2.24, 2.45) is 0 Å². The number of hydrogen-bond acceptors (Lipinski definition) is 6. The van der Waals surface area contributed by atoms with Crippen LogP contribution in [-0.4, -0.2) is 28.2 Å². The summed E-state index contributed by atoms with van der Waals surface area (Å²) in [6.45, 7) is 2.11. The smallest absolute Gasteiger partial charge is 0.339 e. The molecule has 1 amide bonds. The maximum absolute atomic E-state index is 12.3. The number of unbranched alkanes of at least 4 members (excludes halogenated alkanes) is 1. The first kappa shape index (κ1) is 15.6. The third-order valence-corrected chi connectivity index (χ3v) is 4.52. The topological polar surface area (TPSA) is 81.2 Å². The second-order valence-corrected chi connectivity index (χ2v) is 6.41. The van der Waals surface area contributed by atoms with Crippen LogP contribution in [-0.2, 0) is 22.4 Å². The van der Waals surface area contributed by atoms with Crippen molar-refractivity contribution in [2.75, 3.05) is 5.32 Å². The molecule has 1 aliphatic heterocycles. The first-order valence-corrected chi connectivity index (χ1v) is 8.41. The molecular formula is C16H17N3O3S. The van der Waals surface area contributed by atoms with E-state index in [1.165, 1.54) is 11.3 Å². The van der Waals surface area contributed by atoms with Crippen molar-refractivity contribution in [3.8, 4) is 0 Å². The highest BCUT2D eigenvalue weighted by molar-refractivity contribution is 7.15. The lowest BCUT2D eigenvalue weighted by Crippen LogP contribution is -2.37. The maximum atomic E-state index is 12.3. The molecule has 0 saturated carbocycles. The van der Waals surface area contributed by atoms with Crippen molar-refractivity contribution in [3.05, 3.63) is 40.4 Å². The molecule has 0 unspecified atom stereocenters. The molecule has 1 aromatic carbocycles. The number of aryl methyl sites for hydroxylation is 1. The predicted octanol–water partition coefficient (Wildman–Crippen LogP) is 2.60. The molecular weight excluding hydrogens is 314 g/mol. The number of carbonyl (C=O) groups is 2. The predicted molar refractivity (Wildman–Crippen MR) is 86.5 cm³/mol. The van der Waals surface area contributed by atoms with Gasteiger partial charge in [0.2, 0.25) is 5.13 Å². The van der Waals surface area contributed by atoms with Crippen molar-refractivity contribution in [2.45, 2.75) is 38.7 Å². The number of esters is 1. The van der Waals surface area contributed by atoms with E-state index in [0.717, 1.165) is 29.8 Å². The molecule has 2 aromatic rings. The zero-order valence-electron chi connectivity index (χ0n) is 12.7. The van der Waals surface area contributed by atoms with E-state index in [-0.39, 0.29) is 5.91 Å². The third-order valence-electron chi connectivity index (χ3n) is 3.63. The molecule has 7 heteroatoms. The summed E-state index contributed by atoms with van der Waals surface area (Å²) < 4.78 is 5.22. The Kier molecular flexibility index (Phi) is 4.66. The van der Waals surface area contributed by atoms with Crippen LogP contribution in [0.15, 0.2) is 24.3 Å². The number of aromatic nitrogens is 2. The Hall–Kier alpha value is -2.28. The molecule has 23 heavy (non-hydrogen) atoms. The van der Waals surface area contributed by atoms with E-state index in [2.05, 4.69) is 22.4 Å². The van der Waals surface area contributed by atoms with Gasteiger partial charge in [-0.1, -0.05) is 42.9 Å². The van der Waals surface area contributed by atoms with E-state index >= 15 is 0 Å². The van der Waals surface area contributed by atoms with E-state index in [9.17, 15) is 9.59 Å². The summed E-state index contributed by atoms with van der Waals surface area (Å²) in [6.07, 6.45) is 2.52. The van der Waals surface area contributed by atoms with Gasteiger partial charge in [-0.3, -0.25) is 10.1 Å². The second-order valence-electron chi connectivity index (χ2n) is 5.35. The lowest BCUT2D eigenvalue weighted by Gasteiger charge is -2.23. The molecule has 0 aliphatic carbocycles. The number of rotatable bonds is 5. The van der Waals surface area contributed by atoms with E-state index in [4.69, 9.17) is 4.74 Å². The molecule has 0 radical (unpaired) electrons. The van der Waals surface area contributed by atoms with Crippen LogP contribution in [0.2, 0.25) is 0 Å². The van der Waals surface area contributed by atoms with Gasteiger partial charge in [0.15, 0.2) is 6.10 Å². The van der Waals surface area contributed by atoms with Gasteiger partial charge in [-0.25, -0.2) is 4.79 Å². The molecule has 120 valence electrons. The number of amides is 1. The molecule has 1 aliphatic rings. The Balaban J connectivity index is 1.65. The van der Waals surface area contributed by atoms with E-state index in [1.54, 1.807) is 12.1 Å². The number of carbonyl (C=O) groups excluding carboxylic acids is 2. The molecule has 1 aromatic heterocycles. The standard InChI is InChI=1S/C16H17N3O3S/c1-2-3-8-13-18-19-16(23-13)17-14(20)12-9-10-6-4-5-7-11(10)15(21)22-12/h4-7,12H,2-3,8-9H2,1H3,(H,17,19,20)/t12-/m0/s1. The average Bonchev–Trinajstić information content (AvgIpc) is 3.00. The van der Waals surface area contributed by atoms with Crippen LogP contribution in [0.4, 0.5) is 5.13 Å². The van der Waals surface area contributed by atoms with Crippen LogP contribution in [0.3, 0.4) is 0 Å². The molecule has 0 fully saturated rings. The fraction of sp³-hybridized carbons (Fsp3) is 0.375. The Labute approximate surface area is 137 Å². The van der Waals surface area contributed by atoms with Crippen LogP contribution < -0.4 is 5.32 Å². The Bertz CT molecular complexity index is 729. The van der Waals surface area contributed by atoms with Crippen molar-refractivity contribution in [1.29, 1.82) is 0 Å². The minimum atomic E-state index is -0.833. The lowest BCUT2D eigenvalue weighted by atomic mass is 9.98. The number of fused-ring (bicyclic) bond motifs is 1. The molecule has 1 atom stereocenters. The number of cyclic esters (lactones) is 1. The fourth-order valence-electron chi connectivity index (χ4n) is 2.40. The normalized spacial score (nSPS) is 16.6. The summed E-state index contributed by atoms with van der Waals surface area (Å²) in [7, 11) is 0. The largest absolute Gasteiger partial charge is 0.448 e. The number of hydrogen-bond donors (Lipinski definition) is 1.